The van der Waals surface area contributed by atoms with Crippen molar-refractivity contribution in [3.8, 4) is 0 Å². The van der Waals surface area contributed by atoms with Crippen molar-refractivity contribution < 1.29 is 24.2 Å². The van der Waals surface area contributed by atoms with Gasteiger partial charge in [-0.25, -0.2) is 4.39 Å². The van der Waals surface area contributed by atoms with Crippen LogP contribution in [0.1, 0.15) is 17.5 Å². The Bertz CT molecular complexity index is 490. The van der Waals surface area contributed by atoms with Gasteiger partial charge in [-0.2, -0.15) is 0 Å². The molecule has 1 aromatic rings. The van der Waals surface area contributed by atoms with Crippen LogP contribution in [0.2, 0.25) is 0 Å². The summed E-state index contributed by atoms with van der Waals surface area (Å²) in [5.74, 6) is -3.75. The van der Waals surface area contributed by atoms with E-state index >= 15 is 0 Å². The molecule has 19 heavy (non-hydrogen) atoms. The first-order valence-corrected chi connectivity index (χ1v) is 5.77. The van der Waals surface area contributed by atoms with Gasteiger partial charge in [-0.15, -0.1) is 0 Å². The Kier molecular flexibility index (Phi) is 5.00. The number of aryl methyl sites for hydroxylation is 1. The topological polar surface area (TPSA) is 101 Å². The molecule has 6 heteroatoms. The summed E-state index contributed by atoms with van der Waals surface area (Å²) < 4.78 is 13.4. The van der Waals surface area contributed by atoms with Crippen LogP contribution in [0.5, 0.6) is 0 Å². The second kappa shape index (κ2) is 6.29. The van der Waals surface area contributed by atoms with Gasteiger partial charge in [0.15, 0.2) is 0 Å². The first-order chi connectivity index (χ1) is 8.81. The van der Waals surface area contributed by atoms with Gasteiger partial charge in [-0.3, -0.25) is 9.59 Å². The highest BCUT2D eigenvalue weighted by atomic mass is 19.1. The molecule has 0 fully saturated rings. The van der Waals surface area contributed by atoms with Gasteiger partial charge in [0.25, 0.3) is 0 Å². The lowest BCUT2D eigenvalue weighted by Crippen LogP contribution is -2.35. The van der Waals surface area contributed by atoms with Crippen LogP contribution in [0, 0.1) is 18.7 Å². The number of carboxylic acids is 2. The summed E-state index contributed by atoms with van der Waals surface area (Å²) in [5.41, 5.74) is 6.30. The van der Waals surface area contributed by atoms with Gasteiger partial charge >= 0.3 is 11.9 Å². The van der Waals surface area contributed by atoms with E-state index in [1.165, 1.54) is 6.07 Å². The number of carboxylic acid groups (broad SMARTS) is 2. The molecule has 0 saturated carbocycles. The van der Waals surface area contributed by atoms with Crippen molar-refractivity contribution in [1.82, 2.24) is 0 Å². The predicted octanol–water partition coefficient (Wildman–Crippen LogP) is 1.18. The highest BCUT2D eigenvalue weighted by Gasteiger charge is 2.24. The van der Waals surface area contributed by atoms with E-state index in [9.17, 15) is 14.0 Å². The lowest BCUT2D eigenvalue weighted by molar-refractivity contribution is -0.143. The Labute approximate surface area is 109 Å². The van der Waals surface area contributed by atoms with Gasteiger partial charge in [-0.1, -0.05) is 12.1 Å². The maximum atomic E-state index is 13.4. The maximum absolute atomic E-state index is 13.4. The summed E-state index contributed by atoms with van der Waals surface area (Å²) in [6, 6.07) is 3.20. The minimum Gasteiger partial charge on any atom is -0.481 e. The molecule has 0 spiro atoms. The van der Waals surface area contributed by atoms with Crippen molar-refractivity contribution in [3.63, 3.8) is 0 Å². The molecule has 0 aromatic heterocycles. The Morgan fingerprint density at radius 3 is 2.42 bits per heavy atom. The van der Waals surface area contributed by atoms with Crippen LogP contribution in [0.3, 0.4) is 0 Å². The monoisotopic (exact) mass is 269 g/mol. The number of hydrogen-bond donors (Lipinski definition) is 3. The van der Waals surface area contributed by atoms with Crippen molar-refractivity contribution >= 4 is 11.9 Å². The largest absolute Gasteiger partial charge is 0.481 e. The number of rotatable bonds is 6. The lowest BCUT2D eigenvalue weighted by Gasteiger charge is -2.15. The third-order valence-corrected chi connectivity index (χ3v) is 2.92. The zero-order valence-electron chi connectivity index (χ0n) is 10.5. The van der Waals surface area contributed by atoms with Crippen LogP contribution in [-0.2, 0) is 16.0 Å². The van der Waals surface area contributed by atoms with E-state index in [1.807, 2.05) is 0 Å². The minimum atomic E-state index is -1.25. The Balaban J connectivity index is 2.81. The van der Waals surface area contributed by atoms with E-state index < -0.39 is 29.7 Å². The number of aliphatic carboxylic acids is 2. The van der Waals surface area contributed by atoms with E-state index in [2.05, 4.69) is 0 Å². The van der Waals surface area contributed by atoms with E-state index in [1.54, 1.807) is 19.1 Å². The van der Waals surface area contributed by atoms with Crippen LogP contribution >= 0.6 is 0 Å². The molecule has 0 heterocycles. The summed E-state index contributed by atoms with van der Waals surface area (Å²) >= 11 is 0. The van der Waals surface area contributed by atoms with Crippen molar-refractivity contribution in [2.75, 3.05) is 0 Å². The fourth-order valence-electron chi connectivity index (χ4n) is 1.73. The van der Waals surface area contributed by atoms with Gasteiger partial charge < -0.3 is 15.9 Å². The molecule has 0 radical (unpaired) electrons. The molecular weight excluding hydrogens is 253 g/mol. The molecule has 4 N–H and O–H groups in total. The number of benzene rings is 1. The Morgan fingerprint density at radius 1 is 1.32 bits per heavy atom. The SMILES string of the molecule is Cc1ccc(CC(CC(N)C(=O)O)C(=O)O)cc1F. The standard InChI is InChI=1S/C13H16FNO4/c1-7-2-3-8(5-10(7)14)4-9(12(16)17)6-11(15)13(18)19/h2-3,5,9,11H,4,6,15H2,1H3,(H,16,17)(H,18,19). The van der Waals surface area contributed by atoms with Crippen LogP contribution in [0.25, 0.3) is 0 Å². The summed E-state index contributed by atoms with van der Waals surface area (Å²) in [6.45, 7) is 1.61. The summed E-state index contributed by atoms with van der Waals surface area (Å²) in [7, 11) is 0. The molecule has 0 aliphatic rings. The zero-order chi connectivity index (χ0) is 14.6. The molecule has 5 nitrogen and oxygen atoms in total. The first-order valence-electron chi connectivity index (χ1n) is 5.77. The van der Waals surface area contributed by atoms with Gasteiger partial charge in [0.2, 0.25) is 0 Å². The summed E-state index contributed by atoms with van der Waals surface area (Å²) in [4.78, 5) is 21.7. The molecule has 0 amide bonds. The fraction of sp³-hybridized carbons (Fsp3) is 0.385. The summed E-state index contributed by atoms with van der Waals surface area (Å²) in [6.07, 6.45) is -0.145. The molecule has 0 saturated heterocycles. The number of nitrogens with two attached hydrogens (primary N) is 1. The van der Waals surface area contributed by atoms with Crippen LogP contribution < -0.4 is 5.73 Å². The minimum absolute atomic E-state index is 0.0491. The Hall–Kier alpha value is -1.95. The number of carbonyl (C=O) groups is 2. The second-order valence-corrected chi connectivity index (χ2v) is 4.50. The predicted molar refractivity (Wildman–Crippen MR) is 66.2 cm³/mol. The van der Waals surface area contributed by atoms with Crippen LogP contribution in [0.15, 0.2) is 18.2 Å². The molecular formula is C13H16FNO4. The molecule has 104 valence electrons. The normalized spacial score (nSPS) is 13.8. The molecule has 0 aliphatic carbocycles. The third-order valence-electron chi connectivity index (χ3n) is 2.92. The van der Waals surface area contributed by atoms with Gasteiger partial charge in [0.1, 0.15) is 11.9 Å². The average molecular weight is 269 g/mol. The van der Waals surface area contributed by atoms with E-state index in [0.717, 1.165) is 0 Å². The van der Waals surface area contributed by atoms with Gasteiger partial charge in [-0.05, 0) is 37.0 Å². The molecule has 0 bridgehead atoms. The average Bonchev–Trinajstić information content (AvgIpc) is 2.32. The maximum Gasteiger partial charge on any atom is 0.320 e. The smallest absolute Gasteiger partial charge is 0.320 e. The van der Waals surface area contributed by atoms with Gasteiger partial charge in [0, 0.05) is 0 Å². The Morgan fingerprint density at radius 2 is 1.95 bits per heavy atom. The highest BCUT2D eigenvalue weighted by molar-refractivity contribution is 5.76. The molecule has 1 aromatic carbocycles. The number of halogens is 1. The first kappa shape index (κ1) is 15.1. The van der Waals surface area contributed by atoms with Crippen LogP contribution in [-0.4, -0.2) is 28.2 Å². The highest BCUT2D eigenvalue weighted by Crippen LogP contribution is 2.17. The van der Waals surface area contributed by atoms with Crippen molar-refractivity contribution in [3.05, 3.63) is 35.1 Å². The second-order valence-electron chi connectivity index (χ2n) is 4.50. The third kappa shape index (κ3) is 4.33. The van der Waals surface area contributed by atoms with Crippen molar-refractivity contribution in [2.24, 2.45) is 11.7 Å². The fourth-order valence-corrected chi connectivity index (χ4v) is 1.73. The zero-order valence-corrected chi connectivity index (χ0v) is 10.5. The van der Waals surface area contributed by atoms with E-state index in [-0.39, 0.29) is 12.8 Å². The van der Waals surface area contributed by atoms with Gasteiger partial charge in [0.05, 0.1) is 5.92 Å². The lowest BCUT2D eigenvalue weighted by atomic mass is 9.92. The molecule has 2 unspecified atom stereocenters. The van der Waals surface area contributed by atoms with Crippen molar-refractivity contribution in [2.45, 2.75) is 25.8 Å². The molecule has 0 aliphatic heterocycles. The van der Waals surface area contributed by atoms with E-state index in [0.29, 0.717) is 11.1 Å². The van der Waals surface area contributed by atoms with Crippen LogP contribution in [0.4, 0.5) is 4.39 Å². The van der Waals surface area contributed by atoms with Crippen molar-refractivity contribution in [1.29, 1.82) is 0 Å². The quantitative estimate of drug-likeness (QED) is 0.720. The summed E-state index contributed by atoms with van der Waals surface area (Å²) in [5, 5.41) is 17.7. The number of hydrogen-bond acceptors (Lipinski definition) is 3. The molecule has 1 rings (SSSR count). The van der Waals surface area contributed by atoms with E-state index in [4.69, 9.17) is 15.9 Å². The molecule has 2 atom stereocenters.